The van der Waals surface area contributed by atoms with E-state index in [9.17, 15) is 9.59 Å². The van der Waals surface area contributed by atoms with Crippen LogP contribution in [0.1, 0.15) is 32.2 Å². The van der Waals surface area contributed by atoms with Crippen molar-refractivity contribution in [2.24, 2.45) is 0 Å². The Bertz CT molecular complexity index is 1200. The van der Waals surface area contributed by atoms with Gasteiger partial charge in [-0.15, -0.1) is 0 Å². The summed E-state index contributed by atoms with van der Waals surface area (Å²) >= 11 is 0. The highest BCUT2D eigenvalue weighted by Crippen LogP contribution is 2.18. The second-order valence-corrected chi connectivity index (χ2v) is 7.21. The van der Waals surface area contributed by atoms with Gasteiger partial charge in [0.2, 0.25) is 5.82 Å². The number of hydrogen-bond acceptors (Lipinski definition) is 3. The first-order valence-corrected chi connectivity index (χ1v) is 9.67. The van der Waals surface area contributed by atoms with Gasteiger partial charge in [0.25, 0.3) is 11.8 Å². The summed E-state index contributed by atoms with van der Waals surface area (Å²) in [7, 11) is 1.73. The largest absolute Gasteiger partial charge is 0.335 e. The average molecular weight is 398 g/mol. The van der Waals surface area contributed by atoms with Gasteiger partial charge in [0.15, 0.2) is 5.69 Å². The summed E-state index contributed by atoms with van der Waals surface area (Å²) < 4.78 is 1.66. The van der Waals surface area contributed by atoms with Crippen LogP contribution in [0.25, 0.3) is 5.52 Å². The molecule has 2 heterocycles. The van der Waals surface area contributed by atoms with Crippen molar-refractivity contribution in [2.75, 3.05) is 12.4 Å². The lowest BCUT2D eigenvalue weighted by Gasteiger charge is -2.16. The van der Waals surface area contributed by atoms with Crippen molar-refractivity contribution in [1.29, 1.82) is 0 Å². The van der Waals surface area contributed by atoms with E-state index < -0.39 is 0 Å². The van der Waals surface area contributed by atoms with E-state index in [4.69, 9.17) is 0 Å². The highest BCUT2D eigenvalue weighted by molar-refractivity contribution is 6.08. The number of rotatable bonds is 5. The van der Waals surface area contributed by atoms with Gasteiger partial charge < -0.3 is 10.2 Å². The van der Waals surface area contributed by atoms with E-state index in [0.29, 0.717) is 17.7 Å². The van der Waals surface area contributed by atoms with Gasteiger partial charge in [-0.3, -0.25) is 14.0 Å². The third kappa shape index (κ3) is 3.93. The van der Waals surface area contributed by atoms with E-state index in [2.05, 4.69) is 10.3 Å². The highest BCUT2D eigenvalue weighted by atomic mass is 16.2. The van der Waals surface area contributed by atoms with Crippen LogP contribution in [0.15, 0.2) is 79.0 Å². The van der Waals surface area contributed by atoms with Crippen molar-refractivity contribution in [3.63, 3.8) is 0 Å². The minimum atomic E-state index is -0.354. The lowest BCUT2D eigenvalue weighted by Crippen LogP contribution is -2.28. The summed E-state index contributed by atoms with van der Waals surface area (Å²) in [6.07, 6.45) is 1.74. The molecule has 30 heavy (non-hydrogen) atoms. The van der Waals surface area contributed by atoms with Crippen LogP contribution in [0, 0.1) is 6.92 Å². The molecule has 150 valence electrons. The van der Waals surface area contributed by atoms with Gasteiger partial charge >= 0.3 is 0 Å². The maximum atomic E-state index is 13.1. The van der Waals surface area contributed by atoms with E-state index in [1.807, 2.05) is 73.7 Å². The molecule has 0 saturated heterocycles. The molecule has 4 rings (SSSR count). The molecule has 0 saturated carbocycles. The minimum absolute atomic E-state index is 0.207. The third-order valence-corrected chi connectivity index (χ3v) is 4.87. The third-order valence-electron chi connectivity index (χ3n) is 4.87. The summed E-state index contributed by atoms with van der Waals surface area (Å²) in [4.78, 5) is 32.0. The molecule has 0 aliphatic rings. The van der Waals surface area contributed by atoms with Crippen molar-refractivity contribution in [3.8, 4) is 0 Å². The Morgan fingerprint density at radius 1 is 0.967 bits per heavy atom. The fourth-order valence-electron chi connectivity index (χ4n) is 3.28. The number of benzene rings is 2. The molecule has 0 unspecified atom stereocenters. The number of carbonyl (C=O) groups excluding carboxylic acids is 2. The molecule has 2 aromatic carbocycles. The van der Waals surface area contributed by atoms with Crippen LogP contribution in [0.3, 0.4) is 0 Å². The van der Waals surface area contributed by atoms with Crippen LogP contribution < -0.4 is 5.32 Å². The Kier molecular flexibility index (Phi) is 5.30. The van der Waals surface area contributed by atoms with E-state index in [1.165, 1.54) is 0 Å². The van der Waals surface area contributed by atoms with Crippen LogP contribution in [0.5, 0.6) is 0 Å². The van der Waals surface area contributed by atoms with Crippen molar-refractivity contribution in [2.45, 2.75) is 13.5 Å². The number of hydrogen-bond donors (Lipinski definition) is 1. The fraction of sp³-hybridized carbons (Fsp3) is 0.125. The Labute approximate surface area is 174 Å². The molecule has 0 spiro atoms. The minimum Gasteiger partial charge on any atom is -0.335 e. The number of nitrogens with zero attached hydrogens (tertiary/aromatic N) is 3. The van der Waals surface area contributed by atoms with E-state index in [0.717, 1.165) is 11.1 Å². The first-order valence-electron chi connectivity index (χ1n) is 9.67. The number of nitrogens with one attached hydrogen (secondary N) is 1. The number of aromatic nitrogens is 2. The molecular formula is C24H22N4O2. The summed E-state index contributed by atoms with van der Waals surface area (Å²) in [5, 5.41) is 2.86. The van der Waals surface area contributed by atoms with Gasteiger partial charge in [0, 0.05) is 25.5 Å². The molecule has 0 aliphatic heterocycles. The zero-order valence-corrected chi connectivity index (χ0v) is 16.9. The predicted octanol–water partition coefficient (Wildman–Crippen LogP) is 4.17. The smallest absolute Gasteiger partial charge is 0.290 e. The number of anilines is 1. The Balaban J connectivity index is 1.64. The first kappa shape index (κ1) is 19.4. The van der Waals surface area contributed by atoms with Crippen LogP contribution in [-0.2, 0) is 6.54 Å². The van der Waals surface area contributed by atoms with Crippen molar-refractivity contribution >= 4 is 23.0 Å². The van der Waals surface area contributed by atoms with Gasteiger partial charge in [-0.2, -0.15) is 0 Å². The zero-order chi connectivity index (χ0) is 21.1. The Hall–Kier alpha value is -3.93. The lowest BCUT2D eigenvalue weighted by atomic mass is 10.2. The molecule has 1 N–H and O–H groups in total. The Morgan fingerprint density at radius 3 is 2.40 bits per heavy atom. The summed E-state index contributed by atoms with van der Waals surface area (Å²) in [5.74, 6) is -0.403. The van der Waals surface area contributed by atoms with Crippen LogP contribution in [-0.4, -0.2) is 33.1 Å². The van der Waals surface area contributed by atoms with Crippen LogP contribution in [0.4, 0.5) is 5.69 Å². The molecule has 2 amide bonds. The van der Waals surface area contributed by atoms with Gasteiger partial charge in [0.05, 0.1) is 5.52 Å². The van der Waals surface area contributed by atoms with Gasteiger partial charge in [-0.1, -0.05) is 54.1 Å². The molecule has 0 fully saturated rings. The zero-order valence-electron chi connectivity index (χ0n) is 16.9. The molecule has 6 heteroatoms. The SMILES string of the molecule is Cc1ccc(NC(=O)c2nc(C(=O)N(C)Cc3ccccc3)n3ccccc23)cc1. The van der Waals surface area contributed by atoms with Crippen molar-refractivity contribution in [3.05, 3.63) is 102 Å². The van der Waals surface area contributed by atoms with E-state index in [-0.39, 0.29) is 23.3 Å². The number of carbonyl (C=O) groups is 2. The maximum Gasteiger partial charge on any atom is 0.290 e. The van der Waals surface area contributed by atoms with E-state index in [1.54, 1.807) is 28.6 Å². The molecule has 2 aromatic heterocycles. The normalized spacial score (nSPS) is 10.7. The topological polar surface area (TPSA) is 66.7 Å². The van der Waals surface area contributed by atoms with E-state index >= 15 is 0 Å². The standard InChI is InChI=1S/C24H22N4O2/c1-17-11-13-19(14-12-17)25-23(29)21-20-10-6-7-15-28(20)22(26-21)24(30)27(2)16-18-8-4-3-5-9-18/h3-15H,16H2,1-2H3,(H,25,29). The predicted molar refractivity (Wildman–Crippen MR) is 117 cm³/mol. The maximum absolute atomic E-state index is 13.1. The summed E-state index contributed by atoms with van der Waals surface area (Å²) in [6, 6.07) is 22.7. The van der Waals surface area contributed by atoms with Crippen LogP contribution in [0.2, 0.25) is 0 Å². The number of pyridine rings is 1. The summed E-state index contributed by atoms with van der Waals surface area (Å²) in [6.45, 7) is 2.44. The van der Waals surface area contributed by atoms with Crippen molar-refractivity contribution < 1.29 is 9.59 Å². The first-order chi connectivity index (χ1) is 14.5. The molecule has 6 nitrogen and oxygen atoms in total. The molecule has 0 aliphatic carbocycles. The second-order valence-electron chi connectivity index (χ2n) is 7.21. The van der Waals surface area contributed by atoms with Gasteiger partial charge in [-0.25, -0.2) is 4.98 Å². The quantitative estimate of drug-likeness (QED) is 0.549. The molecular weight excluding hydrogens is 376 g/mol. The number of imidazole rings is 1. The van der Waals surface area contributed by atoms with Gasteiger partial charge in [-0.05, 0) is 36.8 Å². The van der Waals surface area contributed by atoms with Gasteiger partial charge in [0.1, 0.15) is 0 Å². The molecule has 0 bridgehead atoms. The number of aryl methyl sites for hydroxylation is 1. The molecule has 4 aromatic rings. The lowest BCUT2D eigenvalue weighted by molar-refractivity contribution is 0.0772. The second kappa shape index (κ2) is 8.21. The molecule has 0 radical (unpaired) electrons. The monoisotopic (exact) mass is 398 g/mol. The fourth-order valence-corrected chi connectivity index (χ4v) is 3.28. The average Bonchev–Trinajstić information content (AvgIpc) is 3.15. The van der Waals surface area contributed by atoms with Crippen molar-refractivity contribution in [1.82, 2.24) is 14.3 Å². The molecule has 0 atom stereocenters. The summed E-state index contributed by atoms with van der Waals surface area (Å²) in [5.41, 5.74) is 3.60. The number of fused-ring (bicyclic) bond motifs is 1. The highest BCUT2D eigenvalue weighted by Gasteiger charge is 2.23. The number of amides is 2. The van der Waals surface area contributed by atoms with Crippen LogP contribution >= 0.6 is 0 Å². The Morgan fingerprint density at radius 2 is 1.67 bits per heavy atom.